The summed E-state index contributed by atoms with van der Waals surface area (Å²) in [6.45, 7) is 0. The van der Waals surface area contributed by atoms with Gasteiger partial charge < -0.3 is 14.8 Å². The van der Waals surface area contributed by atoms with Gasteiger partial charge in [0.2, 0.25) is 0 Å². The van der Waals surface area contributed by atoms with E-state index in [4.69, 9.17) is 23.8 Å². The standard InChI is InChI=1S/C23H17BrClN5S/c24-15-6-9-17(10-7-15)30-22(21(28-23(30)31)18-4-1-2-12-26-18)19-5-3-13-29(19)20-11-8-16(25)14-27-20/h1-14,21-22H,(H,28,31). The van der Waals surface area contributed by atoms with Crippen LogP contribution in [0.15, 0.2) is 89.8 Å². The lowest BCUT2D eigenvalue weighted by Crippen LogP contribution is -2.30. The molecule has 0 amide bonds. The minimum Gasteiger partial charge on any atom is -0.351 e. The van der Waals surface area contributed by atoms with E-state index in [1.807, 2.05) is 54.7 Å². The molecule has 1 aliphatic heterocycles. The summed E-state index contributed by atoms with van der Waals surface area (Å²) in [6, 6.07) is 21.7. The first-order valence-corrected chi connectivity index (χ1v) is 11.2. The van der Waals surface area contributed by atoms with Crippen molar-refractivity contribution in [1.29, 1.82) is 0 Å². The third-order valence-corrected chi connectivity index (χ3v) is 6.31. The van der Waals surface area contributed by atoms with Crippen molar-refractivity contribution in [3.05, 3.63) is 106 Å². The molecule has 0 radical (unpaired) electrons. The molecule has 5 rings (SSSR count). The number of thiocarbonyl (C=S) groups is 1. The zero-order valence-electron chi connectivity index (χ0n) is 16.2. The summed E-state index contributed by atoms with van der Waals surface area (Å²) in [5.74, 6) is 0.790. The summed E-state index contributed by atoms with van der Waals surface area (Å²) in [4.78, 5) is 11.3. The maximum Gasteiger partial charge on any atom is 0.174 e. The number of nitrogens with zero attached hydrogens (tertiary/aromatic N) is 4. The molecule has 4 aromatic rings. The van der Waals surface area contributed by atoms with Crippen molar-refractivity contribution >= 4 is 50.5 Å². The van der Waals surface area contributed by atoms with E-state index < -0.39 is 0 Å². The molecule has 1 saturated heterocycles. The molecule has 8 heteroatoms. The van der Waals surface area contributed by atoms with Gasteiger partial charge in [0.15, 0.2) is 5.11 Å². The van der Waals surface area contributed by atoms with E-state index in [0.29, 0.717) is 10.1 Å². The Hall–Kier alpha value is -2.74. The monoisotopic (exact) mass is 509 g/mol. The van der Waals surface area contributed by atoms with E-state index in [-0.39, 0.29) is 12.1 Å². The highest BCUT2D eigenvalue weighted by molar-refractivity contribution is 9.10. The number of hydrogen-bond donors (Lipinski definition) is 1. The summed E-state index contributed by atoms with van der Waals surface area (Å²) in [7, 11) is 0. The number of hydrogen-bond acceptors (Lipinski definition) is 3. The van der Waals surface area contributed by atoms with Crippen LogP contribution in [-0.2, 0) is 0 Å². The molecule has 3 aromatic heterocycles. The van der Waals surface area contributed by atoms with Gasteiger partial charge in [0.05, 0.1) is 16.8 Å². The van der Waals surface area contributed by atoms with E-state index in [1.165, 1.54) is 0 Å². The number of anilines is 1. The minimum absolute atomic E-state index is 0.127. The molecule has 1 aliphatic rings. The minimum atomic E-state index is -0.129. The van der Waals surface area contributed by atoms with Crippen LogP contribution in [0.25, 0.3) is 5.82 Å². The first-order valence-electron chi connectivity index (χ1n) is 9.67. The molecule has 1 fully saturated rings. The Labute approximate surface area is 198 Å². The van der Waals surface area contributed by atoms with E-state index in [0.717, 1.165) is 27.4 Å². The quantitative estimate of drug-likeness (QED) is 0.348. The first-order chi connectivity index (χ1) is 15.1. The highest BCUT2D eigenvalue weighted by Gasteiger charge is 2.42. The number of halogens is 2. The molecule has 154 valence electrons. The lowest BCUT2D eigenvalue weighted by atomic mass is 10.0. The number of aromatic nitrogens is 3. The zero-order chi connectivity index (χ0) is 21.4. The lowest BCUT2D eigenvalue weighted by Gasteiger charge is -2.28. The van der Waals surface area contributed by atoms with Crippen LogP contribution in [0, 0.1) is 0 Å². The second kappa shape index (κ2) is 8.42. The summed E-state index contributed by atoms with van der Waals surface area (Å²) in [6.07, 6.45) is 5.46. The van der Waals surface area contributed by atoms with Gasteiger partial charge in [-0.25, -0.2) is 4.98 Å². The molecule has 1 aromatic carbocycles. The van der Waals surface area contributed by atoms with E-state index in [1.54, 1.807) is 12.4 Å². The third-order valence-electron chi connectivity index (χ3n) is 5.24. The van der Waals surface area contributed by atoms with E-state index >= 15 is 0 Å². The Bertz CT molecular complexity index is 1210. The molecule has 2 unspecified atom stereocenters. The topological polar surface area (TPSA) is 46.0 Å². The zero-order valence-corrected chi connectivity index (χ0v) is 19.3. The number of benzene rings is 1. The molecule has 0 bridgehead atoms. The van der Waals surface area contributed by atoms with Crippen LogP contribution < -0.4 is 10.2 Å². The van der Waals surface area contributed by atoms with Crippen molar-refractivity contribution in [3.8, 4) is 5.82 Å². The van der Waals surface area contributed by atoms with Gasteiger partial charge in [-0.1, -0.05) is 33.6 Å². The average molecular weight is 511 g/mol. The van der Waals surface area contributed by atoms with Crippen molar-refractivity contribution < 1.29 is 0 Å². The van der Waals surface area contributed by atoms with Crippen LogP contribution in [-0.4, -0.2) is 19.6 Å². The second-order valence-electron chi connectivity index (χ2n) is 7.11. The molecule has 0 saturated carbocycles. The lowest BCUT2D eigenvalue weighted by molar-refractivity contribution is 0.548. The van der Waals surface area contributed by atoms with Crippen LogP contribution in [0.2, 0.25) is 5.02 Å². The Balaban J connectivity index is 1.66. The highest BCUT2D eigenvalue weighted by Crippen LogP contribution is 2.42. The fraction of sp³-hybridized carbons (Fsp3) is 0.0870. The molecule has 31 heavy (non-hydrogen) atoms. The Morgan fingerprint density at radius 1 is 0.968 bits per heavy atom. The van der Waals surface area contributed by atoms with Gasteiger partial charge in [-0.2, -0.15) is 0 Å². The molecule has 1 N–H and O–H groups in total. The van der Waals surface area contributed by atoms with Crippen LogP contribution in [0.3, 0.4) is 0 Å². The Morgan fingerprint density at radius 2 is 1.81 bits per heavy atom. The molecule has 2 atom stereocenters. The van der Waals surface area contributed by atoms with Gasteiger partial charge in [0.25, 0.3) is 0 Å². The van der Waals surface area contributed by atoms with Crippen molar-refractivity contribution in [2.45, 2.75) is 12.1 Å². The number of nitrogens with one attached hydrogen (secondary N) is 1. The average Bonchev–Trinajstić information content (AvgIpc) is 3.40. The predicted octanol–water partition coefficient (Wildman–Crippen LogP) is 5.86. The second-order valence-corrected chi connectivity index (χ2v) is 8.85. The normalized spacial score (nSPS) is 18.3. The fourth-order valence-corrected chi connectivity index (χ4v) is 4.61. The Morgan fingerprint density at radius 3 is 2.52 bits per heavy atom. The van der Waals surface area contributed by atoms with Gasteiger partial charge in [-0.3, -0.25) is 4.98 Å². The molecular formula is C23H17BrClN5S. The van der Waals surface area contributed by atoms with Gasteiger partial charge in [-0.15, -0.1) is 0 Å². The third kappa shape index (κ3) is 3.84. The van der Waals surface area contributed by atoms with Crippen molar-refractivity contribution in [2.75, 3.05) is 4.90 Å². The van der Waals surface area contributed by atoms with E-state index in [9.17, 15) is 0 Å². The predicted molar refractivity (Wildman–Crippen MR) is 131 cm³/mol. The maximum absolute atomic E-state index is 6.06. The molecule has 0 aliphatic carbocycles. The maximum atomic E-state index is 6.06. The van der Waals surface area contributed by atoms with Gasteiger partial charge in [-0.05, 0) is 72.9 Å². The van der Waals surface area contributed by atoms with Gasteiger partial charge in [0.1, 0.15) is 11.9 Å². The van der Waals surface area contributed by atoms with Crippen molar-refractivity contribution in [3.63, 3.8) is 0 Å². The summed E-state index contributed by atoms with van der Waals surface area (Å²) in [5.41, 5.74) is 2.97. The molecule has 5 nitrogen and oxygen atoms in total. The highest BCUT2D eigenvalue weighted by atomic mass is 79.9. The summed E-state index contributed by atoms with van der Waals surface area (Å²) >= 11 is 15.4. The number of rotatable bonds is 4. The van der Waals surface area contributed by atoms with Gasteiger partial charge >= 0.3 is 0 Å². The fourth-order valence-electron chi connectivity index (χ4n) is 3.89. The van der Waals surface area contributed by atoms with Crippen LogP contribution in [0.4, 0.5) is 5.69 Å². The van der Waals surface area contributed by atoms with Crippen LogP contribution >= 0.6 is 39.7 Å². The summed E-state index contributed by atoms with van der Waals surface area (Å²) < 4.78 is 3.08. The first kappa shape index (κ1) is 20.2. The van der Waals surface area contributed by atoms with Crippen molar-refractivity contribution in [2.24, 2.45) is 0 Å². The van der Waals surface area contributed by atoms with Crippen LogP contribution in [0.5, 0.6) is 0 Å². The van der Waals surface area contributed by atoms with E-state index in [2.05, 4.69) is 58.9 Å². The molecule has 4 heterocycles. The number of pyridine rings is 2. The Kier molecular flexibility index (Phi) is 5.48. The van der Waals surface area contributed by atoms with Gasteiger partial charge in [0, 0.05) is 34.4 Å². The summed E-state index contributed by atoms with van der Waals surface area (Å²) in [5, 5.41) is 4.74. The van der Waals surface area contributed by atoms with Crippen LogP contribution in [0.1, 0.15) is 23.5 Å². The smallest absolute Gasteiger partial charge is 0.174 e. The van der Waals surface area contributed by atoms with Crippen molar-refractivity contribution in [1.82, 2.24) is 19.9 Å². The molecule has 0 spiro atoms. The SMILES string of the molecule is S=C1NC(c2ccccn2)C(c2cccn2-c2ccc(Cl)cn2)N1c1ccc(Br)cc1. The molecular weight excluding hydrogens is 494 g/mol. The largest absolute Gasteiger partial charge is 0.351 e.